The van der Waals surface area contributed by atoms with Crippen molar-refractivity contribution in [2.24, 2.45) is 0 Å². The van der Waals surface area contributed by atoms with Crippen molar-refractivity contribution >= 4 is 0 Å². The molecule has 0 fully saturated rings. The molecule has 2 aromatic rings. The molecular weight excluding hydrogens is 169 g/mol. The van der Waals surface area contributed by atoms with Gasteiger partial charge in [-0.3, -0.25) is 0 Å². The molecule has 1 aromatic carbocycles. The van der Waals surface area contributed by atoms with Gasteiger partial charge in [-0.05, 0) is 30.7 Å². The number of aromatic nitrogens is 1. The van der Waals surface area contributed by atoms with Crippen LogP contribution in [0.3, 0.4) is 0 Å². The Kier molecular flexibility index (Phi) is 1.85. The van der Waals surface area contributed by atoms with E-state index in [-0.39, 0.29) is 5.82 Å². The number of benzene rings is 1. The van der Waals surface area contributed by atoms with Gasteiger partial charge in [0.15, 0.2) is 6.39 Å². The molecule has 0 atom stereocenters. The van der Waals surface area contributed by atoms with Crippen LogP contribution in [0.15, 0.2) is 35.3 Å². The predicted molar refractivity (Wildman–Crippen MR) is 46.6 cm³/mol. The van der Waals surface area contributed by atoms with Crippen LogP contribution in [0.4, 0.5) is 4.39 Å². The summed E-state index contributed by atoms with van der Waals surface area (Å²) < 4.78 is 17.7. The predicted octanol–water partition coefficient (Wildman–Crippen LogP) is 2.79. The maximum Gasteiger partial charge on any atom is 0.181 e. The zero-order valence-corrected chi connectivity index (χ0v) is 7.12. The molecule has 2 nitrogen and oxygen atoms in total. The maximum absolute atomic E-state index is 12.9. The van der Waals surface area contributed by atoms with E-state index in [2.05, 4.69) is 4.98 Å². The number of oxazole rings is 1. The van der Waals surface area contributed by atoms with Crippen LogP contribution < -0.4 is 0 Å². The van der Waals surface area contributed by atoms with E-state index in [1.54, 1.807) is 19.1 Å². The van der Waals surface area contributed by atoms with Gasteiger partial charge in [0.25, 0.3) is 0 Å². The lowest BCUT2D eigenvalue weighted by molar-refractivity contribution is 0.558. The summed E-state index contributed by atoms with van der Waals surface area (Å²) in [5, 5.41) is 0. The third-order valence-corrected chi connectivity index (χ3v) is 1.89. The van der Waals surface area contributed by atoms with Gasteiger partial charge in [0.05, 0.1) is 0 Å². The summed E-state index contributed by atoms with van der Waals surface area (Å²) in [6, 6.07) is 4.85. The Morgan fingerprint density at radius 3 is 2.85 bits per heavy atom. The Bertz CT molecular complexity index is 409. The second-order valence-electron chi connectivity index (χ2n) is 2.84. The standard InChI is InChI=1S/C10H8FNO/c1-7-4-8(2-3-9(7)11)10-5-13-6-12-10/h2-6H,1H3. The number of rotatable bonds is 1. The fourth-order valence-electron chi connectivity index (χ4n) is 1.16. The molecule has 2 rings (SSSR count). The van der Waals surface area contributed by atoms with E-state index >= 15 is 0 Å². The summed E-state index contributed by atoms with van der Waals surface area (Å²) >= 11 is 0. The molecule has 0 aliphatic rings. The lowest BCUT2D eigenvalue weighted by Gasteiger charge is -1.98. The van der Waals surface area contributed by atoms with Crippen molar-refractivity contribution in [1.82, 2.24) is 4.98 Å². The first kappa shape index (κ1) is 7.98. The van der Waals surface area contributed by atoms with Crippen molar-refractivity contribution in [3.8, 4) is 11.3 Å². The monoisotopic (exact) mass is 177 g/mol. The van der Waals surface area contributed by atoms with Crippen LogP contribution in [0, 0.1) is 12.7 Å². The van der Waals surface area contributed by atoms with Gasteiger partial charge in [0.1, 0.15) is 17.8 Å². The smallest absolute Gasteiger partial charge is 0.181 e. The largest absolute Gasteiger partial charge is 0.451 e. The third kappa shape index (κ3) is 1.45. The highest BCUT2D eigenvalue weighted by atomic mass is 19.1. The van der Waals surface area contributed by atoms with Crippen LogP contribution in [0.1, 0.15) is 5.56 Å². The van der Waals surface area contributed by atoms with Gasteiger partial charge in [-0.1, -0.05) is 0 Å². The molecule has 1 aromatic heterocycles. The molecule has 0 N–H and O–H groups in total. The van der Waals surface area contributed by atoms with Crippen LogP contribution in [-0.4, -0.2) is 4.98 Å². The van der Waals surface area contributed by atoms with Gasteiger partial charge >= 0.3 is 0 Å². The molecule has 13 heavy (non-hydrogen) atoms. The third-order valence-electron chi connectivity index (χ3n) is 1.89. The average Bonchev–Trinajstić information content (AvgIpc) is 2.62. The highest BCUT2D eigenvalue weighted by Crippen LogP contribution is 2.19. The summed E-state index contributed by atoms with van der Waals surface area (Å²) in [6.45, 7) is 1.72. The number of nitrogens with zero attached hydrogens (tertiary/aromatic N) is 1. The van der Waals surface area contributed by atoms with E-state index in [1.807, 2.05) is 0 Å². The topological polar surface area (TPSA) is 26.0 Å². The van der Waals surface area contributed by atoms with E-state index in [0.29, 0.717) is 5.56 Å². The second kappa shape index (κ2) is 3.01. The fourth-order valence-corrected chi connectivity index (χ4v) is 1.16. The van der Waals surface area contributed by atoms with Crippen molar-refractivity contribution in [3.63, 3.8) is 0 Å². The van der Waals surface area contributed by atoms with Crippen molar-refractivity contribution in [2.45, 2.75) is 6.92 Å². The van der Waals surface area contributed by atoms with Crippen molar-refractivity contribution in [1.29, 1.82) is 0 Å². The van der Waals surface area contributed by atoms with Gasteiger partial charge in [-0.15, -0.1) is 0 Å². The van der Waals surface area contributed by atoms with E-state index in [9.17, 15) is 4.39 Å². The Labute approximate surface area is 75.0 Å². The fraction of sp³-hybridized carbons (Fsp3) is 0.100. The molecule has 0 unspecified atom stereocenters. The van der Waals surface area contributed by atoms with Crippen molar-refractivity contribution in [2.75, 3.05) is 0 Å². The number of aryl methyl sites for hydroxylation is 1. The molecule has 0 amide bonds. The molecule has 0 saturated carbocycles. The molecule has 1 heterocycles. The van der Waals surface area contributed by atoms with Crippen molar-refractivity contribution in [3.05, 3.63) is 42.2 Å². The number of halogens is 1. The zero-order valence-electron chi connectivity index (χ0n) is 7.12. The van der Waals surface area contributed by atoms with E-state index < -0.39 is 0 Å². The Morgan fingerprint density at radius 1 is 1.38 bits per heavy atom. The molecule has 0 saturated heterocycles. The zero-order chi connectivity index (χ0) is 9.26. The van der Waals surface area contributed by atoms with Crippen LogP contribution in [0.25, 0.3) is 11.3 Å². The highest BCUT2D eigenvalue weighted by Gasteiger charge is 2.03. The minimum absolute atomic E-state index is 0.202. The quantitative estimate of drug-likeness (QED) is 0.669. The van der Waals surface area contributed by atoms with Crippen LogP contribution >= 0.6 is 0 Å². The number of hydrogen-bond donors (Lipinski definition) is 0. The first-order valence-electron chi connectivity index (χ1n) is 3.92. The van der Waals surface area contributed by atoms with E-state index in [0.717, 1.165) is 11.3 Å². The van der Waals surface area contributed by atoms with Crippen LogP contribution in [0.5, 0.6) is 0 Å². The Hall–Kier alpha value is -1.64. The highest BCUT2D eigenvalue weighted by molar-refractivity contribution is 5.58. The first-order valence-corrected chi connectivity index (χ1v) is 3.92. The minimum atomic E-state index is -0.202. The summed E-state index contributed by atoms with van der Waals surface area (Å²) in [7, 11) is 0. The van der Waals surface area contributed by atoms with Crippen molar-refractivity contribution < 1.29 is 8.81 Å². The second-order valence-corrected chi connectivity index (χ2v) is 2.84. The van der Waals surface area contributed by atoms with Crippen LogP contribution in [0.2, 0.25) is 0 Å². The molecule has 0 aliphatic heterocycles. The average molecular weight is 177 g/mol. The molecule has 0 spiro atoms. The maximum atomic E-state index is 12.9. The Balaban J connectivity index is 2.49. The summed E-state index contributed by atoms with van der Waals surface area (Å²) in [5.74, 6) is -0.202. The lowest BCUT2D eigenvalue weighted by Crippen LogP contribution is -1.83. The van der Waals surface area contributed by atoms with E-state index in [1.165, 1.54) is 18.7 Å². The molecule has 66 valence electrons. The van der Waals surface area contributed by atoms with Gasteiger partial charge in [-0.2, -0.15) is 0 Å². The molecular formula is C10H8FNO. The van der Waals surface area contributed by atoms with Gasteiger partial charge in [-0.25, -0.2) is 9.37 Å². The molecule has 0 aliphatic carbocycles. The molecule has 0 bridgehead atoms. The first-order chi connectivity index (χ1) is 6.27. The normalized spacial score (nSPS) is 10.3. The van der Waals surface area contributed by atoms with E-state index in [4.69, 9.17) is 4.42 Å². The van der Waals surface area contributed by atoms with Crippen LogP contribution in [-0.2, 0) is 0 Å². The summed E-state index contributed by atoms with van der Waals surface area (Å²) in [5.41, 5.74) is 2.20. The number of hydrogen-bond acceptors (Lipinski definition) is 2. The summed E-state index contributed by atoms with van der Waals surface area (Å²) in [4.78, 5) is 3.97. The molecule has 3 heteroatoms. The van der Waals surface area contributed by atoms with Gasteiger partial charge in [0.2, 0.25) is 0 Å². The van der Waals surface area contributed by atoms with Gasteiger partial charge < -0.3 is 4.42 Å². The lowest BCUT2D eigenvalue weighted by atomic mass is 10.1. The SMILES string of the molecule is Cc1cc(-c2cocn2)ccc1F. The Morgan fingerprint density at radius 2 is 2.23 bits per heavy atom. The van der Waals surface area contributed by atoms with Gasteiger partial charge in [0, 0.05) is 5.56 Å². The summed E-state index contributed by atoms with van der Waals surface area (Å²) in [6.07, 6.45) is 2.89. The molecule has 0 radical (unpaired) electrons. The minimum Gasteiger partial charge on any atom is -0.451 e.